The van der Waals surface area contributed by atoms with Crippen molar-refractivity contribution in [2.75, 3.05) is 0 Å². The first-order valence-corrected chi connectivity index (χ1v) is 9.94. The number of aryl methyl sites for hydroxylation is 1. The third-order valence-corrected chi connectivity index (χ3v) is 4.62. The summed E-state index contributed by atoms with van der Waals surface area (Å²) in [5.41, 5.74) is 5.81. The molecule has 5 heteroatoms. The lowest BCUT2D eigenvalue weighted by atomic mass is 10.1. The van der Waals surface area contributed by atoms with Crippen LogP contribution >= 0.6 is 11.6 Å². The van der Waals surface area contributed by atoms with Gasteiger partial charge in [-0.25, -0.2) is 5.43 Å². The SMILES string of the molecule is O=C(NN=Cc1cccc(C#CCCCc2ccccc2)c1)c1ccc(O)c(Cl)c1. The zero-order valence-corrected chi connectivity index (χ0v) is 17.1. The summed E-state index contributed by atoms with van der Waals surface area (Å²) in [5.74, 6) is 5.89. The molecule has 0 radical (unpaired) electrons. The number of benzene rings is 3. The number of phenols is 1. The Balaban J connectivity index is 1.51. The van der Waals surface area contributed by atoms with Gasteiger partial charge in [0.15, 0.2) is 0 Å². The highest BCUT2D eigenvalue weighted by molar-refractivity contribution is 6.32. The van der Waals surface area contributed by atoms with Crippen LogP contribution in [0.1, 0.15) is 39.9 Å². The Hall–Kier alpha value is -3.55. The van der Waals surface area contributed by atoms with E-state index in [1.807, 2.05) is 30.3 Å². The van der Waals surface area contributed by atoms with E-state index in [1.165, 1.54) is 23.8 Å². The van der Waals surface area contributed by atoms with Gasteiger partial charge < -0.3 is 5.11 Å². The molecule has 0 aliphatic rings. The Morgan fingerprint density at radius 3 is 2.70 bits per heavy atom. The topological polar surface area (TPSA) is 61.7 Å². The predicted octanol–water partition coefficient (Wildman–Crippen LogP) is 5.18. The minimum absolute atomic E-state index is 0.0743. The maximum Gasteiger partial charge on any atom is 0.271 e. The number of rotatable bonds is 6. The van der Waals surface area contributed by atoms with Gasteiger partial charge in [-0.15, -0.1) is 0 Å². The molecule has 1 amide bonds. The van der Waals surface area contributed by atoms with Crippen molar-refractivity contribution in [1.29, 1.82) is 0 Å². The number of amides is 1. The standard InChI is InChI=1S/C25H21ClN2O2/c26-23-17-22(14-15-24(23)29)25(30)28-27-18-21-13-7-12-20(16-21)11-6-2-5-10-19-8-3-1-4-9-19/h1,3-4,7-9,12-18,29H,2,5,10H2,(H,28,30). The summed E-state index contributed by atoms with van der Waals surface area (Å²) in [5, 5.41) is 13.5. The average molecular weight is 417 g/mol. The number of carbonyl (C=O) groups is 1. The number of hydrogen-bond donors (Lipinski definition) is 2. The number of nitrogens with zero attached hydrogens (tertiary/aromatic N) is 1. The van der Waals surface area contributed by atoms with Crippen molar-refractivity contribution in [2.24, 2.45) is 5.10 Å². The maximum absolute atomic E-state index is 12.1. The van der Waals surface area contributed by atoms with E-state index < -0.39 is 5.91 Å². The monoisotopic (exact) mass is 416 g/mol. The largest absolute Gasteiger partial charge is 0.506 e. The van der Waals surface area contributed by atoms with Gasteiger partial charge >= 0.3 is 0 Å². The predicted molar refractivity (Wildman–Crippen MR) is 121 cm³/mol. The number of phenolic OH excluding ortho intramolecular Hbond substituents is 1. The van der Waals surface area contributed by atoms with Gasteiger partial charge in [-0.2, -0.15) is 5.10 Å². The summed E-state index contributed by atoms with van der Waals surface area (Å²) >= 11 is 5.82. The molecule has 0 unspecified atom stereocenters. The van der Waals surface area contributed by atoms with Gasteiger partial charge in [0, 0.05) is 17.5 Å². The summed E-state index contributed by atoms with van der Waals surface area (Å²) in [6, 6.07) is 22.2. The highest BCUT2D eigenvalue weighted by Gasteiger charge is 2.07. The van der Waals surface area contributed by atoms with Gasteiger partial charge in [0.05, 0.1) is 11.2 Å². The first-order chi connectivity index (χ1) is 14.6. The Bertz CT molecular complexity index is 1100. The van der Waals surface area contributed by atoms with Crippen LogP contribution in [-0.4, -0.2) is 17.2 Å². The van der Waals surface area contributed by atoms with Gasteiger partial charge in [-0.05, 0) is 54.3 Å². The van der Waals surface area contributed by atoms with E-state index in [9.17, 15) is 9.90 Å². The second-order valence-electron chi connectivity index (χ2n) is 6.63. The van der Waals surface area contributed by atoms with Crippen LogP contribution in [-0.2, 0) is 6.42 Å². The molecule has 0 heterocycles. The lowest BCUT2D eigenvalue weighted by Crippen LogP contribution is -2.17. The molecule has 0 spiro atoms. The summed E-state index contributed by atoms with van der Waals surface area (Å²) in [6.45, 7) is 0. The maximum atomic E-state index is 12.1. The fraction of sp³-hybridized carbons (Fsp3) is 0.120. The van der Waals surface area contributed by atoms with E-state index in [1.54, 1.807) is 6.21 Å². The molecular formula is C25H21ClN2O2. The number of nitrogens with one attached hydrogen (secondary N) is 1. The fourth-order valence-electron chi connectivity index (χ4n) is 2.76. The van der Waals surface area contributed by atoms with Gasteiger partial charge in [0.1, 0.15) is 5.75 Å². The van der Waals surface area contributed by atoms with Crippen LogP contribution in [0.5, 0.6) is 5.75 Å². The van der Waals surface area contributed by atoms with Crippen LogP contribution < -0.4 is 5.43 Å². The molecule has 0 fully saturated rings. The van der Waals surface area contributed by atoms with E-state index >= 15 is 0 Å². The van der Waals surface area contributed by atoms with E-state index in [4.69, 9.17) is 11.6 Å². The Kier molecular flexibility index (Phi) is 7.65. The summed E-state index contributed by atoms with van der Waals surface area (Å²) in [7, 11) is 0. The zero-order chi connectivity index (χ0) is 21.2. The molecule has 2 N–H and O–H groups in total. The van der Waals surface area contributed by atoms with Crippen LogP contribution in [0.3, 0.4) is 0 Å². The minimum atomic E-state index is -0.414. The summed E-state index contributed by atoms with van der Waals surface area (Å²) < 4.78 is 0. The quantitative estimate of drug-likeness (QED) is 0.251. The van der Waals surface area contributed by atoms with Crippen LogP contribution in [0.4, 0.5) is 0 Å². The molecule has 0 saturated carbocycles. The lowest BCUT2D eigenvalue weighted by molar-refractivity contribution is 0.0955. The van der Waals surface area contributed by atoms with E-state index in [2.05, 4.69) is 46.6 Å². The molecule has 4 nitrogen and oxygen atoms in total. The normalized spacial score (nSPS) is 10.4. The highest BCUT2D eigenvalue weighted by atomic mass is 35.5. The number of halogens is 1. The Morgan fingerprint density at radius 1 is 1.07 bits per heavy atom. The molecule has 0 aliphatic heterocycles. The van der Waals surface area contributed by atoms with Gasteiger partial charge in [-0.3, -0.25) is 4.79 Å². The second kappa shape index (κ2) is 10.8. The Labute approximate surface area is 181 Å². The van der Waals surface area contributed by atoms with Crippen molar-refractivity contribution in [2.45, 2.75) is 19.3 Å². The van der Waals surface area contributed by atoms with E-state index in [0.717, 1.165) is 30.4 Å². The molecular weight excluding hydrogens is 396 g/mol. The number of aromatic hydroxyl groups is 1. The summed E-state index contributed by atoms with van der Waals surface area (Å²) in [4.78, 5) is 12.1. The van der Waals surface area contributed by atoms with Crippen molar-refractivity contribution in [3.8, 4) is 17.6 Å². The highest BCUT2D eigenvalue weighted by Crippen LogP contribution is 2.23. The number of unbranched alkanes of at least 4 members (excludes halogenated alkanes) is 1. The van der Waals surface area contributed by atoms with Crippen LogP contribution in [0, 0.1) is 11.8 Å². The molecule has 3 rings (SSSR count). The van der Waals surface area contributed by atoms with Gasteiger partial charge in [0.25, 0.3) is 5.91 Å². The van der Waals surface area contributed by atoms with Crippen molar-refractivity contribution < 1.29 is 9.90 Å². The molecule has 0 aromatic heterocycles. The molecule has 0 atom stereocenters. The molecule has 30 heavy (non-hydrogen) atoms. The van der Waals surface area contributed by atoms with Crippen LogP contribution in [0.2, 0.25) is 5.02 Å². The Morgan fingerprint density at radius 2 is 1.90 bits per heavy atom. The second-order valence-corrected chi connectivity index (χ2v) is 7.04. The third-order valence-electron chi connectivity index (χ3n) is 4.32. The number of hydrogen-bond acceptors (Lipinski definition) is 3. The lowest BCUT2D eigenvalue weighted by Gasteiger charge is -2.02. The van der Waals surface area contributed by atoms with Crippen LogP contribution in [0.15, 0.2) is 77.9 Å². The first kappa shape index (κ1) is 21.2. The first-order valence-electron chi connectivity index (χ1n) is 9.56. The van der Waals surface area contributed by atoms with E-state index in [-0.39, 0.29) is 10.8 Å². The molecule has 0 aliphatic carbocycles. The van der Waals surface area contributed by atoms with Gasteiger partial charge in [-0.1, -0.05) is 65.9 Å². The smallest absolute Gasteiger partial charge is 0.271 e. The van der Waals surface area contributed by atoms with Gasteiger partial charge in [0.2, 0.25) is 0 Å². The summed E-state index contributed by atoms with van der Waals surface area (Å²) in [6.07, 6.45) is 4.43. The molecule has 0 saturated heterocycles. The fourth-order valence-corrected chi connectivity index (χ4v) is 2.95. The molecule has 3 aromatic rings. The average Bonchev–Trinajstić information content (AvgIpc) is 2.76. The third kappa shape index (κ3) is 6.51. The molecule has 0 bridgehead atoms. The van der Waals surface area contributed by atoms with Crippen molar-refractivity contribution in [3.05, 3.63) is 100 Å². The minimum Gasteiger partial charge on any atom is -0.506 e. The van der Waals surface area contributed by atoms with Crippen molar-refractivity contribution in [3.63, 3.8) is 0 Å². The van der Waals surface area contributed by atoms with Crippen LogP contribution in [0.25, 0.3) is 0 Å². The van der Waals surface area contributed by atoms with Crippen molar-refractivity contribution in [1.82, 2.24) is 5.43 Å². The zero-order valence-electron chi connectivity index (χ0n) is 16.3. The molecule has 150 valence electrons. The van der Waals surface area contributed by atoms with E-state index in [0.29, 0.717) is 5.56 Å². The molecule has 3 aromatic carbocycles. The van der Waals surface area contributed by atoms with Crippen molar-refractivity contribution >= 4 is 23.7 Å². The number of carbonyl (C=O) groups excluding carboxylic acids is 1. The number of hydrazone groups is 1.